The summed E-state index contributed by atoms with van der Waals surface area (Å²) in [6.07, 6.45) is 1.74. The maximum atomic E-state index is 13.5. The number of rotatable bonds is 12. The summed E-state index contributed by atoms with van der Waals surface area (Å²) in [5.41, 5.74) is 1.46. The monoisotopic (exact) mass is 528 g/mol. The van der Waals surface area contributed by atoms with Gasteiger partial charge in [0, 0.05) is 18.6 Å². The van der Waals surface area contributed by atoms with E-state index in [9.17, 15) is 29.4 Å². The highest BCUT2D eigenvalue weighted by atomic mass is 32.1. The van der Waals surface area contributed by atoms with Crippen molar-refractivity contribution in [3.8, 4) is 5.75 Å². The number of amides is 3. The number of hydrogen-bond acceptors (Lipinski definition) is 7. The van der Waals surface area contributed by atoms with E-state index < -0.39 is 42.0 Å². The third kappa shape index (κ3) is 8.50. The highest BCUT2D eigenvalue weighted by Gasteiger charge is 2.31. The van der Waals surface area contributed by atoms with Crippen molar-refractivity contribution < 1.29 is 29.4 Å². The SMILES string of the molecule is O=C(O)C(CS)NC(=O)C(Cc1ccccc1)NC(=O)C(Cc1ccc(O)cc1)NC(=O)C1CCCN1. The van der Waals surface area contributed by atoms with Crippen molar-refractivity contribution in [1.29, 1.82) is 0 Å². The first-order valence-electron chi connectivity index (χ1n) is 12.1. The normalized spacial score (nSPS) is 17.3. The highest BCUT2D eigenvalue weighted by Crippen LogP contribution is 2.13. The Balaban J connectivity index is 1.81. The quantitative estimate of drug-likeness (QED) is 0.197. The number of phenols is 1. The summed E-state index contributed by atoms with van der Waals surface area (Å²) in [7, 11) is 0. The zero-order valence-corrected chi connectivity index (χ0v) is 21.1. The molecule has 4 atom stereocenters. The molecule has 4 unspecified atom stereocenters. The van der Waals surface area contributed by atoms with Gasteiger partial charge in [-0.1, -0.05) is 42.5 Å². The molecular weight excluding hydrogens is 496 g/mol. The molecule has 1 aliphatic rings. The van der Waals surface area contributed by atoms with Crippen molar-refractivity contribution in [2.24, 2.45) is 0 Å². The Morgan fingerprint density at radius 1 is 0.865 bits per heavy atom. The summed E-state index contributed by atoms with van der Waals surface area (Å²) < 4.78 is 0. The number of hydrogen-bond donors (Lipinski definition) is 7. The lowest BCUT2D eigenvalue weighted by Crippen LogP contribution is -2.58. The maximum absolute atomic E-state index is 13.5. The largest absolute Gasteiger partial charge is 0.508 e. The van der Waals surface area contributed by atoms with Gasteiger partial charge < -0.3 is 31.5 Å². The first kappa shape index (κ1) is 28.0. The first-order chi connectivity index (χ1) is 17.8. The van der Waals surface area contributed by atoms with Gasteiger partial charge in [0.15, 0.2) is 0 Å². The summed E-state index contributed by atoms with van der Waals surface area (Å²) in [5.74, 6) is -2.88. The Labute approximate surface area is 220 Å². The molecule has 2 aromatic rings. The summed E-state index contributed by atoms with van der Waals surface area (Å²) >= 11 is 3.99. The molecule has 3 amide bonds. The molecular formula is C26H32N4O6S. The predicted octanol–water partition coefficient (Wildman–Crippen LogP) is 0.398. The Hall–Kier alpha value is -3.57. The van der Waals surface area contributed by atoms with Gasteiger partial charge >= 0.3 is 5.97 Å². The number of carboxylic acids is 1. The van der Waals surface area contributed by atoms with E-state index in [1.807, 2.05) is 6.07 Å². The smallest absolute Gasteiger partial charge is 0.327 e. The van der Waals surface area contributed by atoms with Gasteiger partial charge in [0.1, 0.15) is 23.9 Å². The zero-order valence-electron chi connectivity index (χ0n) is 20.2. The van der Waals surface area contributed by atoms with E-state index in [1.54, 1.807) is 36.4 Å². The van der Waals surface area contributed by atoms with Crippen LogP contribution in [-0.2, 0) is 32.0 Å². The number of aliphatic carboxylic acids is 1. The minimum absolute atomic E-state index is 0.0701. The van der Waals surface area contributed by atoms with Crippen molar-refractivity contribution in [3.05, 3.63) is 65.7 Å². The number of thiol groups is 1. The van der Waals surface area contributed by atoms with E-state index in [0.29, 0.717) is 18.5 Å². The molecule has 11 heteroatoms. The molecule has 10 nitrogen and oxygen atoms in total. The second-order valence-corrected chi connectivity index (χ2v) is 9.28. The van der Waals surface area contributed by atoms with Crippen LogP contribution in [0.15, 0.2) is 54.6 Å². The zero-order chi connectivity index (χ0) is 26.8. The molecule has 0 aliphatic carbocycles. The Bertz CT molecular complexity index is 1080. The van der Waals surface area contributed by atoms with Crippen molar-refractivity contribution in [3.63, 3.8) is 0 Å². The minimum Gasteiger partial charge on any atom is -0.508 e. The lowest BCUT2D eigenvalue weighted by Gasteiger charge is -2.25. The number of phenolic OH excluding ortho intramolecular Hbond substituents is 1. The number of carbonyl (C=O) groups excluding carboxylic acids is 3. The molecule has 2 aromatic carbocycles. The number of carbonyl (C=O) groups is 4. The molecule has 6 N–H and O–H groups in total. The van der Waals surface area contributed by atoms with Crippen LogP contribution in [0.25, 0.3) is 0 Å². The van der Waals surface area contributed by atoms with Gasteiger partial charge in [-0.15, -0.1) is 0 Å². The van der Waals surface area contributed by atoms with Crippen molar-refractivity contribution in [2.45, 2.75) is 49.9 Å². The number of aromatic hydroxyl groups is 1. The lowest BCUT2D eigenvalue weighted by atomic mass is 10.0. The fourth-order valence-corrected chi connectivity index (χ4v) is 4.29. The van der Waals surface area contributed by atoms with Crippen LogP contribution in [0.2, 0.25) is 0 Å². The van der Waals surface area contributed by atoms with E-state index in [1.165, 1.54) is 12.1 Å². The van der Waals surface area contributed by atoms with Gasteiger partial charge in [-0.25, -0.2) is 4.79 Å². The van der Waals surface area contributed by atoms with E-state index >= 15 is 0 Å². The highest BCUT2D eigenvalue weighted by molar-refractivity contribution is 7.80. The summed E-state index contributed by atoms with van der Waals surface area (Å²) in [5, 5.41) is 29.9. The van der Waals surface area contributed by atoms with Gasteiger partial charge in [0.2, 0.25) is 17.7 Å². The topological polar surface area (TPSA) is 157 Å². The van der Waals surface area contributed by atoms with E-state index in [0.717, 1.165) is 12.0 Å². The second-order valence-electron chi connectivity index (χ2n) is 8.91. The number of nitrogens with one attached hydrogen (secondary N) is 4. The van der Waals surface area contributed by atoms with Crippen molar-refractivity contribution in [2.75, 3.05) is 12.3 Å². The van der Waals surface area contributed by atoms with Gasteiger partial charge in [0.05, 0.1) is 6.04 Å². The molecule has 37 heavy (non-hydrogen) atoms. The Morgan fingerprint density at radius 2 is 1.43 bits per heavy atom. The van der Waals surface area contributed by atoms with Crippen LogP contribution >= 0.6 is 12.6 Å². The van der Waals surface area contributed by atoms with Gasteiger partial charge in [0.25, 0.3) is 0 Å². The lowest BCUT2D eigenvalue weighted by molar-refractivity contribution is -0.141. The Kier molecular flexibility index (Phi) is 10.3. The molecule has 1 fully saturated rings. The molecule has 0 bridgehead atoms. The van der Waals surface area contributed by atoms with Crippen LogP contribution < -0.4 is 21.3 Å². The molecule has 3 rings (SSSR count). The van der Waals surface area contributed by atoms with Crippen LogP contribution in [0.4, 0.5) is 0 Å². The molecule has 1 saturated heterocycles. The third-order valence-corrected chi connectivity index (χ3v) is 6.46. The predicted molar refractivity (Wildman–Crippen MR) is 140 cm³/mol. The standard InChI is InChI=1S/C26H32N4O6S/c31-18-10-8-17(9-11-18)14-21(28-23(32)19-7-4-12-27-19)24(33)29-20(13-16-5-2-1-3-6-16)25(34)30-22(15-37)26(35)36/h1-3,5-6,8-11,19-22,27,31,37H,4,7,12-15H2,(H,28,32)(H,29,33)(H,30,34)(H,35,36). The van der Waals surface area contributed by atoms with Crippen LogP contribution in [-0.4, -0.2) is 70.4 Å². The second kappa shape index (κ2) is 13.7. The van der Waals surface area contributed by atoms with Crippen molar-refractivity contribution >= 4 is 36.3 Å². The third-order valence-electron chi connectivity index (χ3n) is 6.10. The van der Waals surface area contributed by atoms with E-state index in [4.69, 9.17) is 0 Å². The van der Waals surface area contributed by atoms with Crippen molar-refractivity contribution in [1.82, 2.24) is 21.3 Å². The molecule has 1 heterocycles. The van der Waals surface area contributed by atoms with Crippen LogP contribution in [0.1, 0.15) is 24.0 Å². The van der Waals surface area contributed by atoms with Gasteiger partial charge in [-0.05, 0) is 42.6 Å². The number of benzene rings is 2. The maximum Gasteiger partial charge on any atom is 0.327 e. The average molecular weight is 529 g/mol. The Morgan fingerprint density at radius 3 is 1.97 bits per heavy atom. The minimum atomic E-state index is -1.24. The average Bonchev–Trinajstić information content (AvgIpc) is 3.43. The van der Waals surface area contributed by atoms with Gasteiger partial charge in [-0.2, -0.15) is 12.6 Å². The van der Waals surface area contributed by atoms with Gasteiger partial charge in [-0.3, -0.25) is 14.4 Å². The molecule has 0 saturated carbocycles. The fourth-order valence-electron chi connectivity index (χ4n) is 4.05. The first-order valence-corrected chi connectivity index (χ1v) is 12.7. The molecule has 198 valence electrons. The van der Waals surface area contributed by atoms with E-state index in [-0.39, 0.29) is 30.3 Å². The van der Waals surface area contributed by atoms with Crippen LogP contribution in [0, 0.1) is 0 Å². The summed E-state index contributed by atoms with van der Waals surface area (Å²) in [4.78, 5) is 50.8. The van der Waals surface area contributed by atoms with Crippen LogP contribution in [0.3, 0.4) is 0 Å². The molecule has 1 aliphatic heterocycles. The summed E-state index contributed by atoms with van der Waals surface area (Å²) in [6, 6.07) is 11.5. The fraction of sp³-hybridized carbons (Fsp3) is 0.385. The van der Waals surface area contributed by atoms with Crippen LogP contribution in [0.5, 0.6) is 5.75 Å². The molecule has 0 spiro atoms. The molecule has 0 radical (unpaired) electrons. The van der Waals surface area contributed by atoms with E-state index in [2.05, 4.69) is 33.9 Å². The summed E-state index contributed by atoms with van der Waals surface area (Å²) in [6.45, 7) is 0.710. The molecule has 0 aromatic heterocycles. The number of carboxylic acid groups (broad SMARTS) is 1.